The molecular formula is C15H16N2O4. The normalized spacial score (nSPS) is 24.0. The molecule has 1 aromatic carbocycles. The van der Waals surface area contributed by atoms with E-state index in [9.17, 15) is 14.9 Å². The molecule has 0 spiro atoms. The van der Waals surface area contributed by atoms with Crippen LogP contribution < -0.4 is 0 Å². The van der Waals surface area contributed by atoms with Gasteiger partial charge in [0.1, 0.15) is 11.0 Å². The molecule has 1 aromatic rings. The van der Waals surface area contributed by atoms with Gasteiger partial charge in [-0.05, 0) is 32.8 Å². The first kappa shape index (κ1) is 15.0. The van der Waals surface area contributed by atoms with Crippen LogP contribution in [0.5, 0.6) is 0 Å². The second-order valence-corrected chi connectivity index (χ2v) is 6.16. The van der Waals surface area contributed by atoms with Gasteiger partial charge in [0.15, 0.2) is 0 Å². The third kappa shape index (κ3) is 2.72. The number of nitro benzene ring substituents is 1. The SMILES string of the molecule is CC(C)(C)OC(=O)C1(c2ccc([N+](=O)[O-])cc2)CC1C#N. The second kappa shape index (κ2) is 4.85. The molecule has 0 N–H and O–H groups in total. The van der Waals surface area contributed by atoms with Crippen LogP contribution in [0.4, 0.5) is 5.69 Å². The Kier molecular flexibility index (Phi) is 3.46. The lowest BCUT2D eigenvalue weighted by molar-refractivity contribution is -0.384. The van der Waals surface area contributed by atoms with Crippen molar-refractivity contribution in [2.45, 2.75) is 38.2 Å². The van der Waals surface area contributed by atoms with E-state index in [-0.39, 0.29) is 5.69 Å². The van der Waals surface area contributed by atoms with Gasteiger partial charge < -0.3 is 4.74 Å². The number of rotatable bonds is 3. The summed E-state index contributed by atoms with van der Waals surface area (Å²) in [5.74, 6) is -0.899. The van der Waals surface area contributed by atoms with Crippen molar-refractivity contribution in [3.63, 3.8) is 0 Å². The zero-order valence-electron chi connectivity index (χ0n) is 12.1. The lowest BCUT2D eigenvalue weighted by Crippen LogP contribution is -2.33. The molecule has 0 aliphatic heterocycles. The van der Waals surface area contributed by atoms with Crippen LogP contribution in [0.2, 0.25) is 0 Å². The van der Waals surface area contributed by atoms with E-state index in [4.69, 9.17) is 10.00 Å². The third-order valence-electron chi connectivity index (χ3n) is 3.47. The van der Waals surface area contributed by atoms with Crippen LogP contribution in [0.1, 0.15) is 32.8 Å². The molecule has 1 fully saturated rings. The van der Waals surface area contributed by atoms with Crippen molar-refractivity contribution in [3.8, 4) is 6.07 Å². The van der Waals surface area contributed by atoms with Crippen molar-refractivity contribution in [2.75, 3.05) is 0 Å². The van der Waals surface area contributed by atoms with Crippen molar-refractivity contribution >= 4 is 11.7 Å². The number of hydrogen-bond donors (Lipinski definition) is 0. The molecule has 21 heavy (non-hydrogen) atoms. The fraction of sp³-hybridized carbons (Fsp3) is 0.467. The van der Waals surface area contributed by atoms with E-state index in [1.54, 1.807) is 20.8 Å². The Balaban J connectivity index is 2.34. The van der Waals surface area contributed by atoms with Crippen molar-refractivity contribution < 1.29 is 14.5 Å². The molecule has 1 aliphatic rings. The molecule has 0 aromatic heterocycles. The Morgan fingerprint density at radius 1 is 1.43 bits per heavy atom. The molecule has 110 valence electrons. The minimum Gasteiger partial charge on any atom is -0.459 e. The highest BCUT2D eigenvalue weighted by molar-refractivity contribution is 5.88. The highest BCUT2D eigenvalue weighted by Crippen LogP contribution is 2.55. The number of carbonyl (C=O) groups excluding carboxylic acids is 1. The van der Waals surface area contributed by atoms with Crippen molar-refractivity contribution in [2.24, 2.45) is 5.92 Å². The van der Waals surface area contributed by atoms with Crippen LogP contribution in [0, 0.1) is 27.4 Å². The van der Waals surface area contributed by atoms with Crippen molar-refractivity contribution in [3.05, 3.63) is 39.9 Å². The van der Waals surface area contributed by atoms with Crippen LogP contribution >= 0.6 is 0 Å². The van der Waals surface area contributed by atoms with E-state index in [1.807, 2.05) is 0 Å². The summed E-state index contributed by atoms with van der Waals surface area (Å²) in [5.41, 5.74) is -1.09. The first-order chi connectivity index (χ1) is 9.70. The van der Waals surface area contributed by atoms with Gasteiger partial charge in [-0.15, -0.1) is 0 Å². The molecule has 2 rings (SSSR count). The maximum atomic E-state index is 12.4. The zero-order valence-corrected chi connectivity index (χ0v) is 12.1. The van der Waals surface area contributed by atoms with Gasteiger partial charge in [0.05, 0.1) is 16.9 Å². The monoisotopic (exact) mass is 288 g/mol. The Labute approximate surface area is 122 Å². The molecule has 0 saturated heterocycles. The molecule has 0 heterocycles. The smallest absolute Gasteiger partial charge is 0.318 e. The summed E-state index contributed by atoms with van der Waals surface area (Å²) < 4.78 is 5.41. The predicted molar refractivity (Wildman–Crippen MR) is 74.3 cm³/mol. The lowest BCUT2D eigenvalue weighted by Gasteiger charge is -2.24. The number of nitrogens with zero attached hydrogens (tertiary/aromatic N) is 2. The van der Waals surface area contributed by atoms with Crippen LogP contribution in [-0.4, -0.2) is 16.5 Å². The summed E-state index contributed by atoms with van der Waals surface area (Å²) >= 11 is 0. The minimum atomic E-state index is -0.989. The Morgan fingerprint density at radius 2 is 2.00 bits per heavy atom. The van der Waals surface area contributed by atoms with Crippen LogP contribution in [0.25, 0.3) is 0 Å². The maximum absolute atomic E-state index is 12.4. The predicted octanol–water partition coefficient (Wildman–Crippen LogP) is 2.72. The van der Waals surface area contributed by atoms with Gasteiger partial charge in [-0.2, -0.15) is 5.26 Å². The van der Waals surface area contributed by atoms with Gasteiger partial charge in [0.2, 0.25) is 0 Å². The summed E-state index contributed by atoms with van der Waals surface area (Å²) in [7, 11) is 0. The molecule has 1 saturated carbocycles. The first-order valence-electron chi connectivity index (χ1n) is 6.59. The standard InChI is InChI=1S/C15H16N2O4/c1-14(2,3)21-13(18)15(8-11(15)9-16)10-4-6-12(7-5-10)17(19)20/h4-7,11H,8H2,1-3H3. The summed E-state index contributed by atoms with van der Waals surface area (Å²) in [4.78, 5) is 22.6. The number of nitriles is 1. The van der Waals surface area contributed by atoms with Crippen molar-refractivity contribution in [1.82, 2.24) is 0 Å². The lowest BCUT2D eigenvalue weighted by atomic mass is 9.93. The van der Waals surface area contributed by atoms with E-state index in [0.717, 1.165) is 0 Å². The molecule has 6 nitrogen and oxygen atoms in total. The van der Waals surface area contributed by atoms with E-state index >= 15 is 0 Å². The number of nitro groups is 1. The highest BCUT2D eigenvalue weighted by Gasteiger charge is 2.63. The Morgan fingerprint density at radius 3 is 2.38 bits per heavy atom. The zero-order chi connectivity index (χ0) is 15.8. The maximum Gasteiger partial charge on any atom is 0.318 e. The van der Waals surface area contributed by atoms with Gasteiger partial charge in [0.25, 0.3) is 5.69 Å². The van der Waals surface area contributed by atoms with E-state index in [0.29, 0.717) is 12.0 Å². The number of hydrogen-bond acceptors (Lipinski definition) is 5. The average molecular weight is 288 g/mol. The Bertz CT molecular complexity index is 625. The Hall–Kier alpha value is -2.42. The van der Waals surface area contributed by atoms with Gasteiger partial charge in [-0.3, -0.25) is 14.9 Å². The molecule has 2 unspecified atom stereocenters. The summed E-state index contributed by atoms with van der Waals surface area (Å²) in [6.45, 7) is 5.29. The van der Waals surface area contributed by atoms with Gasteiger partial charge in [-0.25, -0.2) is 0 Å². The van der Waals surface area contributed by atoms with Crippen molar-refractivity contribution in [1.29, 1.82) is 5.26 Å². The molecule has 0 bridgehead atoms. The van der Waals surface area contributed by atoms with E-state index in [2.05, 4.69) is 6.07 Å². The molecule has 2 atom stereocenters. The number of carbonyl (C=O) groups is 1. The van der Waals surface area contributed by atoms with Crippen LogP contribution in [0.15, 0.2) is 24.3 Å². The largest absolute Gasteiger partial charge is 0.459 e. The fourth-order valence-electron chi connectivity index (χ4n) is 2.33. The van der Waals surface area contributed by atoms with Gasteiger partial charge >= 0.3 is 5.97 Å². The quantitative estimate of drug-likeness (QED) is 0.484. The summed E-state index contributed by atoms with van der Waals surface area (Å²) in [6, 6.07) is 7.83. The molecular weight excluding hydrogens is 272 g/mol. The fourth-order valence-corrected chi connectivity index (χ4v) is 2.33. The molecule has 0 amide bonds. The summed E-state index contributed by atoms with van der Waals surface area (Å²) in [5, 5.41) is 19.8. The third-order valence-corrected chi connectivity index (χ3v) is 3.47. The van der Waals surface area contributed by atoms with Crippen LogP contribution in [0.3, 0.4) is 0 Å². The number of ether oxygens (including phenoxy) is 1. The summed E-state index contributed by atoms with van der Waals surface area (Å²) in [6.07, 6.45) is 0.385. The van der Waals surface area contributed by atoms with Gasteiger partial charge in [-0.1, -0.05) is 12.1 Å². The molecule has 6 heteroatoms. The molecule has 1 aliphatic carbocycles. The second-order valence-electron chi connectivity index (χ2n) is 6.16. The topological polar surface area (TPSA) is 93.2 Å². The first-order valence-corrected chi connectivity index (χ1v) is 6.59. The minimum absolute atomic E-state index is 0.0488. The number of non-ortho nitro benzene ring substituents is 1. The number of benzene rings is 1. The van der Waals surface area contributed by atoms with E-state index < -0.39 is 27.8 Å². The van der Waals surface area contributed by atoms with E-state index in [1.165, 1.54) is 24.3 Å². The molecule has 0 radical (unpaired) electrons. The number of esters is 1. The highest BCUT2D eigenvalue weighted by atomic mass is 16.6. The van der Waals surface area contributed by atoms with Crippen LogP contribution in [-0.2, 0) is 14.9 Å². The van der Waals surface area contributed by atoms with Gasteiger partial charge in [0, 0.05) is 12.1 Å². The average Bonchev–Trinajstić information content (AvgIpc) is 3.12.